The first-order chi connectivity index (χ1) is 7.96. The van der Waals surface area contributed by atoms with Gasteiger partial charge in [-0.05, 0) is 26.8 Å². The largest absolute Gasteiger partial charge is 0.459 e. The maximum absolute atomic E-state index is 11.6. The van der Waals surface area contributed by atoms with Crippen LogP contribution in [0.1, 0.15) is 20.8 Å². The summed E-state index contributed by atoms with van der Waals surface area (Å²) in [6.45, 7) is 5.54. The zero-order valence-corrected chi connectivity index (χ0v) is 10.0. The van der Waals surface area contributed by atoms with Gasteiger partial charge in [0.2, 0.25) is 0 Å². The molecule has 0 aliphatic heterocycles. The summed E-state index contributed by atoms with van der Waals surface area (Å²) in [5.74, 6) is -0.332. The standard InChI is InChI=1S/C11H14N4O2/c1-11(2,3)17-10(16)7-15-9-4-5-12-6-8(9)13-14-15/h4-6H,7H2,1-3H3. The van der Waals surface area contributed by atoms with Crippen LogP contribution in [0.4, 0.5) is 0 Å². The number of ether oxygens (including phenoxy) is 1. The molecule has 0 unspecified atom stereocenters. The highest BCUT2D eigenvalue weighted by Crippen LogP contribution is 2.10. The lowest BCUT2D eigenvalue weighted by Crippen LogP contribution is -2.26. The second-order valence-corrected chi connectivity index (χ2v) is 4.70. The van der Waals surface area contributed by atoms with Crippen molar-refractivity contribution >= 4 is 17.0 Å². The molecule has 17 heavy (non-hydrogen) atoms. The number of aromatic nitrogens is 4. The van der Waals surface area contributed by atoms with Gasteiger partial charge in [-0.2, -0.15) is 0 Å². The molecule has 2 aromatic heterocycles. The predicted octanol–water partition coefficient (Wildman–Crippen LogP) is 1.17. The third-order valence-corrected chi connectivity index (χ3v) is 2.02. The topological polar surface area (TPSA) is 69.9 Å². The van der Waals surface area contributed by atoms with Crippen molar-refractivity contribution < 1.29 is 9.53 Å². The zero-order chi connectivity index (χ0) is 12.5. The van der Waals surface area contributed by atoms with E-state index >= 15 is 0 Å². The number of hydrogen-bond acceptors (Lipinski definition) is 5. The Hall–Kier alpha value is -1.98. The number of carbonyl (C=O) groups excluding carboxylic acids is 1. The molecule has 2 aromatic rings. The lowest BCUT2D eigenvalue weighted by Gasteiger charge is -2.19. The Bertz CT molecular complexity index is 542. The highest BCUT2D eigenvalue weighted by atomic mass is 16.6. The number of esters is 1. The molecular weight excluding hydrogens is 220 g/mol. The van der Waals surface area contributed by atoms with Crippen LogP contribution >= 0.6 is 0 Å². The minimum Gasteiger partial charge on any atom is -0.459 e. The summed E-state index contributed by atoms with van der Waals surface area (Å²) in [7, 11) is 0. The third kappa shape index (κ3) is 2.77. The van der Waals surface area contributed by atoms with Crippen LogP contribution in [0.15, 0.2) is 18.5 Å². The zero-order valence-electron chi connectivity index (χ0n) is 10.0. The first kappa shape index (κ1) is 11.5. The van der Waals surface area contributed by atoms with E-state index in [9.17, 15) is 4.79 Å². The van der Waals surface area contributed by atoms with Crippen molar-refractivity contribution in [2.24, 2.45) is 0 Å². The van der Waals surface area contributed by atoms with Gasteiger partial charge in [-0.1, -0.05) is 5.21 Å². The van der Waals surface area contributed by atoms with Crippen LogP contribution in [0.3, 0.4) is 0 Å². The van der Waals surface area contributed by atoms with Crippen LogP contribution < -0.4 is 0 Å². The summed E-state index contributed by atoms with van der Waals surface area (Å²) in [6.07, 6.45) is 3.24. The van der Waals surface area contributed by atoms with Gasteiger partial charge in [0.25, 0.3) is 0 Å². The smallest absolute Gasteiger partial charge is 0.328 e. The van der Waals surface area contributed by atoms with Gasteiger partial charge in [0.15, 0.2) is 0 Å². The summed E-state index contributed by atoms with van der Waals surface area (Å²) >= 11 is 0. The van der Waals surface area contributed by atoms with Crippen LogP contribution in [-0.4, -0.2) is 31.5 Å². The number of pyridine rings is 1. The predicted molar refractivity (Wildman–Crippen MR) is 61.2 cm³/mol. The number of fused-ring (bicyclic) bond motifs is 1. The molecule has 0 aromatic carbocycles. The van der Waals surface area contributed by atoms with Crippen LogP contribution in [0.5, 0.6) is 0 Å². The number of nitrogens with zero attached hydrogens (tertiary/aromatic N) is 4. The number of rotatable bonds is 2. The molecule has 0 fully saturated rings. The summed E-state index contributed by atoms with van der Waals surface area (Å²) in [5, 5.41) is 7.80. The van der Waals surface area contributed by atoms with Gasteiger partial charge in [0.05, 0.1) is 11.7 Å². The fourth-order valence-corrected chi connectivity index (χ4v) is 1.44. The molecule has 0 saturated carbocycles. The van der Waals surface area contributed by atoms with Gasteiger partial charge in [-0.25, -0.2) is 4.68 Å². The van der Waals surface area contributed by atoms with E-state index < -0.39 is 5.60 Å². The second kappa shape index (κ2) is 4.12. The maximum Gasteiger partial charge on any atom is 0.328 e. The molecule has 2 heterocycles. The Morgan fingerprint density at radius 1 is 1.47 bits per heavy atom. The molecule has 6 heteroatoms. The molecule has 6 nitrogen and oxygen atoms in total. The molecule has 0 radical (unpaired) electrons. The van der Waals surface area contributed by atoms with Crippen LogP contribution in [0.2, 0.25) is 0 Å². The van der Waals surface area contributed by atoms with Gasteiger partial charge in [0, 0.05) is 6.20 Å². The van der Waals surface area contributed by atoms with Crippen molar-refractivity contribution in [2.75, 3.05) is 0 Å². The van der Waals surface area contributed by atoms with Crippen molar-refractivity contribution in [3.63, 3.8) is 0 Å². The van der Waals surface area contributed by atoms with Crippen LogP contribution in [-0.2, 0) is 16.1 Å². The average molecular weight is 234 g/mol. The van der Waals surface area contributed by atoms with Crippen molar-refractivity contribution in [1.82, 2.24) is 20.0 Å². The van der Waals surface area contributed by atoms with E-state index in [2.05, 4.69) is 15.3 Å². The SMILES string of the molecule is CC(C)(C)OC(=O)Cn1nnc2cnccc21. The Labute approximate surface area is 98.6 Å². The first-order valence-electron chi connectivity index (χ1n) is 5.31. The van der Waals surface area contributed by atoms with E-state index in [1.165, 1.54) is 4.68 Å². The van der Waals surface area contributed by atoms with Crippen LogP contribution in [0, 0.1) is 0 Å². The van der Waals surface area contributed by atoms with E-state index in [4.69, 9.17) is 4.74 Å². The molecule has 0 aliphatic rings. The lowest BCUT2D eigenvalue weighted by atomic mass is 10.2. The van der Waals surface area contributed by atoms with E-state index in [0.717, 1.165) is 5.52 Å². The molecule has 2 rings (SSSR count). The molecule has 0 saturated heterocycles. The van der Waals surface area contributed by atoms with Gasteiger partial charge >= 0.3 is 5.97 Å². The number of carbonyl (C=O) groups is 1. The highest BCUT2D eigenvalue weighted by molar-refractivity contribution is 5.76. The Balaban J connectivity index is 2.16. The third-order valence-electron chi connectivity index (χ3n) is 2.02. The maximum atomic E-state index is 11.6. The first-order valence-corrected chi connectivity index (χ1v) is 5.31. The molecule has 0 aliphatic carbocycles. The molecule has 0 atom stereocenters. The summed E-state index contributed by atoms with van der Waals surface area (Å²) in [4.78, 5) is 15.6. The molecule has 0 bridgehead atoms. The Morgan fingerprint density at radius 2 is 2.24 bits per heavy atom. The highest BCUT2D eigenvalue weighted by Gasteiger charge is 2.17. The summed E-state index contributed by atoms with van der Waals surface area (Å²) in [6, 6.07) is 1.76. The van der Waals surface area contributed by atoms with Crippen molar-refractivity contribution in [3.8, 4) is 0 Å². The minimum atomic E-state index is -0.491. The lowest BCUT2D eigenvalue weighted by molar-refractivity contribution is -0.155. The van der Waals surface area contributed by atoms with E-state index in [0.29, 0.717) is 5.52 Å². The minimum absolute atomic E-state index is 0.0534. The Morgan fingerprint density at radius 3 is 2.94 bits per heavy atom. The second-order valence-electron chi connectivity index (χ2n) is 4.70. The van der Waals surface area contributed by atoms with E-state index in [1.807, 2.05) is 20.8 Å². The van der Waals surface area contributed by atoms with Crippen molar-refractivity contribution in [3.05, 3.63) is 18.5 Å². The fraction of sp³-hybridized carbons (Fsp3) is 0.455. The van der Waals surface area contributed by atoms with Gasteiger partial charge in [-0.15, -0.1) is 5.10 Å². The quantitative estimate of drug-likeness (QED) is 0.729. The molecule has 0 amide bonds. The molecule has 90 valence electrons. The van der Waals surface area contributed by atoms with E-state index in [1.54, 1.807) is 18.5 Å². The molecule has 0 N–H and O–H groups in total. The summed E-state index contributed by atoms with van der Waals surface area (Å²) in [5.41, 5.74) is 0.941. The normalized spacial score (nSPS) is 11.7. The Kier molecular flexibility index (Phi) is 2.79. The fourth-order valence-electron chi connectivity index (χ4n) is 1.44. The van der Waals surface area contributed by atoms with Gasteiger partial charge in [-0.3, -0.25) is 9.78 Å². The monoisotopic (exact) mass is 234 g/mol. The van der Waals surface area contributed by atoms with E-state index in [-0.39, 0.29) is 12.5 Å². The molecule has 0 spiro atoms. The molecular formula is C11H14N4O2. The van der Waals surface area contributed by atoms with Gasteiger partial charge in [0.1, 0.15) is 17.7 Å². The average Bonchev–Trinajstić information content (AvgIpc) is 2.59. The number of hydrogen-bond donors (Lipinski definition) is 0. The van der Waals surface area contributed by atoms with Gasteiger partial charge < -0.3 is 4.74 Å². The van der Waals surface area contributed by atoms with Crippen LogP contribution in [0.25, 0.3) is 11.0 Å². The summed E-state index contributed by atoms with van der Waals surface area (Å²) < 4.78 is 6.72. The van der Waals surface area contributed by atoms with Crippen molar-refractivity contribution in [1.29, 1.82) is 0 Å². The van der Waals surface area contributed by atoms with Crippen molar-refractivity contribution in [2.45, 2.75) is 32.9 Å².